The Labute approximate surface area is 47.8 Å². The number of aliphatic hydroxyl groups is 1. The van der Waals surface area contributed by atoms with Gasteiger partial charge in [-0.05, 0) is 12.2 Å². The molecule has 0 atom stereocenters. The van der Waals surface area contributed by atoms with Crippen molar-refractivity contribution in [1.29, 1.82) is 0 Å². The zero-order valence-electron chi connectivity index (χ0n) is 4.33. The minimum absolute atomic E-state index is 0.715. The largest absolute Gasteiger partial charge is 0.513 e. The third-order valence-electron chi connectivity index (χ3n) is 0.872. The average molecular weight is 109 g/mol. The van der Waals surface area contributed by atoms with Crippen LogP contribution in [0.1, 0.15) is 0 Å². The van der Waals surface area contributed by atoms with E-state index in [4.69, 9.17) is 5.11 Å². The van der Waals surface area contributed by atoms with Gasteiger partial charge in [0.05, 0.1) is 5.70 Å². The minimum Gasteiger partial charge on any atom is -0.513 e. The maximum Gasteiger partial charge on any atom is 0.103 e. The first-order chi connectivity index (χ1) is 3.93. The van der Waals surface area contributed by atoms with Crippen LogP contribution in [-0.2, 0) is 0 Å². The summed E-state index contributed by atoms with van der Waals surface area (Å²) in [6.45, 7) is 0. The Kier molecular flexibility index (Phi) is 1.37. The third kappa shape index (κ3) is 0.904. The second-order valence-corrected chi connectivity index (χ2v) is 1.45. The maximum absolute atomic E-state index is 8.38. The van der Waals surface area contributed by atoms with Crippen molar-refractivity contribution in [2.45, 2.75) is 0 Å². The summed E-state index contributed by atoms with van der Waals surface area (Å²) in [5.41, 5.74) is 0.715. The van der Waals surface area contributed by atoms with E-state index in [9.17, 15) is 0 Å². The van der Waals surface area contributed by atoms with Gasteiger partial charge in [0, 0.05) is 6.20 Å². The van der Waals surface area contributed by atoms with Crippen molar-refractivity contribution in [3.05, 3.63) is 36.4 Å². The molecule has 42 valence electrons. The molecular weight excluding hydrogens is 102 g/mol. The van der Waals surface area contributed by atoms with E-state index in [0.717, 1.165) is 6.26 Å². The first-order valence-corrected chi connectivity index (χ1v) is 2.37. The normalized spacial score (nSPS) is 21.2. The number of aliphatic hydroxyl groups excluding tert-OH is 1. The summed E-state index contributed by atoms with van der Waals surface area (Å²) in [5.74, 6) is 0. The zero-order valence-corrected chi connectivity index (χ0v) is 4.33. The van der Waals surface area contributed by atoms with Gasteiger partial charge in [-0.1, -0.05) is 6.08 Å². The highest BCUT2D eigenvalue weighted by Crippen LogP contribution is 1.94. The molecule has 8 heavy (non-hydrogen) atoms. The zero-order chi connectivity index (χ0) is 5.82. The molecule has 0 radical (unpaired) electrons. The van der Waals surface area contributed by atoms with Gasteiger partial charge in [0.25, 0.3) is 0 Å². The van der Waals surface area contributed by atoms with Crippen LogP contribution in [0.15, 0.2) is 36.4 Å². The summed E-state index contributed by atoms with van der Waals surface area (Å²) < 4.78 is 0. The van der Waals surface area contributed by atoms with E-state index in [0.29, 0.717) is 5.70 Å². The summed E-state index contributed by atoms with van der Waals surface area (Å²) >= 11 is 0. The van der Waals surface area contributed by atoms with Crippen LogP contribution in [0, 0.1) is 0 Å². The van der Waals surface area contributed by atoms with Crippen LogP contribution in [0.3, 0.4) is 0 Å². The molecule has 0 amide bonds. The van der Waals surface area contributed by atoms with Gasteiger partial charge in [-0.15, -0.1) is 0 Å². The molecule has 0 aromatic heterocycles. The number of hydrogen-bond donors (Lipinski definition) is 2. The van der Waals surface area contributed by atoms with Crippen LogP contribution in [0.5, 0.6) is 0 Å². The van der Waals surface area contributed by atoms with E-state index in [2.05, 4.69) is 5.32 Å². The molecule has 2 heteroatoms. The van der Waals surface area contributed by atoms with Crippen LogP contribution in [-0.4, -0.2) is 5.11 Å². The lowest BCUT2D eigenvalue weighted by atomic mass is 10.3. The van der Waals surface area contributed by atoms with E-state index in [1.165, 1.54) is 0 Å². The van der Waals surface area contributed by atoms with Crippen LogP contribution >= 0.6 is 0 Å². The monoisotopic (exact) mass is 109 g/mol. The fourth-order valence-electron chi connectivity index (χ4n) is 0.488. The van der Waals surface area contributed by atoms with Crippen LogP contribution in [0.2, 0.25) is 0 Å². The van der Waals surface area contributed by atoms with Gasteiger partial charge < -0.3 is 10.4 Å². The van der Waals surface area contributed by atoms with Crippen molar-refractivity contribution in [3.8, 4) is 0 Å². The standard InChI is InChI=1S/C6H7NO/c8-5-6-3-1-2-4-7-6/h1-5,7-8H. The van der Waals surface area contributed by atoms with Gasteiger partial charge in [0.2, 0.25) is 0 Å². The molecular formula is C6H7NO. The predicted octanol–water partition coefficient (Wildman–Crippen LogP) is 1.06. The second kappa shape index (κ2) is 2.21. The first kappa shape index (κ1) is 4.97. The molecule has 0 aromatic rings. The van der Waals surface area contributed by atoms with E-state index in [1.54, 1.807) is 12.3 Å². The van der Waals surface area contributed by atoms with Gasteiger partial charge in [0.1, 0.15) is 6.26 Å². The van der Waals surface area contributed by atoms with E-state index < -0.39 is 0 Å². The van der Waals surface area contributed by atoms with Crippen molar-refractivity contribution < 1.29 is 5.11 Å². The highest BCUT2D eigenvalue weighted by molar-refractivity contribution is 5.24. The molecule has 1 aliphatic heterocycles. The average Bonchev–Trinajstić information content (AvgIpc) is 1.90. The summed E-state index contributed by atoms with van der Waals surface area (Å²) in [5, 5.41) is 11.2. The number of dihydropyridines is 1. The number of hydrogen-bond acceptors (Lipinski definition) is 2. The Balaban J connectivity index is 2.66. The Morgan fingerprint density at radius 2 is 2.38 bits per heavy atom. The molecule has 0 saturated heterocycles. The number of allylic oxidation sites excluding steroid dienone is 3. The van der Waals surface area contributed by atoms with Gasteiger partial charge in [-0.2, -0.15) is 0 Å². The number of rotatable bonds is 0. The lowest BCUT2D eigenvalue weighted by molar-refractivity contribution is 0.466. The Bertz CT molecular complexity index is 156. The van der Waals surface area contributed by atoms with Gasteiger partial charge in [-0.25, -0.2) is 0 Å². The van der Waals surface area contributed by atoms with Gasteiger partial charge in [0.15, 0.2) is 0 Å². The Morgan fingerprint density at radius 3 is 2.75 bits per heavy atom. The van der Waals surface area contributed by atoms with E-state index >= 15 is 0 Å². The molecule has 1 rings (SSSR count). The van der Waals surface area contributed by atoms with Crippen LogP contribution in [0.25, 0.3) is 0 Å². The molecule has 0 bridgehead atoms. The summed E-state index contributed by atoms with van der Waals surface area (Å²) in [6, 6.07) is 0. The predicted molar refractivity (Wildman–Crippen MR) is 32.1 cm³/mol. The lowest BCUT2D eigenvalue weighted by Gasteiger charge is -2.00. The van der Waals surface area contributed by atoms with Gasteiger partial charge in [-0.3, -0.25) is 0 Å². The molecule has 0 saturated carbocycles. The molecule has 0 spiro atoms. The molecule has 2 nitrogen and oxygen atoms in total. The van der Waals surface area contributed by atoms with E-state index in [-0.39, 0.29) is 0 Å². The molecule has 1 heterocycles. The second-order valence-electron chi connectivity index (χ2n) is 1.45. The van der Waals surface area contributed by atoms with Crippen LogP contribution in [0.4, 0.5) is 0 Å². The fraction of sp³-hybridized carbons (Fsp3) is 0. The molecule has 0 unspecified atom stereocenters. The van der Waals surface area contributed by atoms with Crippen LogP contribution < -0.4 is 5.32 Å². The third-order valence-corrected chi connectivity index (χ3v) is 0.872. The van der Waals surface area contributed by atoms with Crippen molar-refractivity contribution in [2.24, 2.45) is 0 Å². The van der Waals surface area contributed by atoms with Gasteiger partial charge >= 0.3 is 0 Å². The highest BCUT2D eigenvalue weighted by atomic mass is 16.2. The topological polar surface area (TPSA) is 32.3 Å². The summed E-state index contributed by atoms with van der Waals surface area (Å²) in [6.07, 6.45) is 8.26. The smallest absolute Gasteiger partial charge is 0.103 e. The SMILES string of the molecule is OC=C1C=CC=CN1. The van der Waals surface area contributed by atoms with Crippen molar-refractivity contribution >= 4 is 0 Å². The molecule has 1 aliphatic rings. The summed E-state index contributed by atoms with van der Waals surface area (Å²) in [7, 11) is 0. The molecule has 2 N–H and O–H groups in total. The fourth-order valence-corrected chi connectivity index (χ4v) is 0.488. The lowest BCUT2D eigenvalue weighted by Crippen LogP contribution is -2.03. The van der Waals surface area contributed by atoms with E-state index in [1.807, 2.05) is 12.2 Å². The highest BCUT2D eigenvalue weighted by Gasteiger charge is 1.87. The molecule has 0 aliphatic carbocycles. The Morgan fingerprint density at radius 1 is 1.50 bits per heavy atom. The summed E-state index contributed by atoms with van der Waals surface area (Å²) in [4.78, 5) is 0. The Hall–Kier alpha value is -1.18. The first-order valence-electron chi connectivity index (χ1n) is 2.37. The minimum atomic E-state index is 0.715. The molecule has 0 aromatic carbocycles. The maximum atomic E-state index is 8.38. The van der Waals surface area contributed by atoms with Crippen molar-refractivity contribution in [3.63, 3.8) is 0 Å². The number of nitrogens with one attached hydrogen (secondary N) is 1. The van der Waals surface area contributed by atoms with Crippen molar-refractivity contribution in [1.82, 2.24) is 5.32 Å². The molecule has 0 fully saturated rings. The quantitative estimate of drug-likeness (QED) is 0.456. The van der Waals surface area contributed by atoms with Crippen molar-refractivity contribution in [2.75, 3.05) is 0 Å².